The van der Waals surface area contributed by atoms with Gasteiger partial charge in [0.25, 0.3) is 0 Å². The first kappa shape index (κ1) is 9.76. The monoisotopic (exact) mass is 204 g/mol. The Hall–Kier alpha value is -1.78. The maximum atomic E-state index is 5.11. The van der Waals surface area contributed by atoms with Crippen molar-refractivity contribution in [2.75, 3.05) is 0 Å². The summed E-state index contributed by atoms with van der Waals surface area (Å²) in [6.07, 6.45) is 5.59. The first-order chi connectivity index (χ1) is 7.25. The lowest BCUT2D eigenvalue weighted by Gasteiger charge is -1.95. The molecule has 0 saturated heterocycles. The van der Waals surface area contributed by atoms with E-state index < -0.39 is 0 Å². The van der Waals surface area contributed by atoms with Crippen LogP contribution in [-0.2, 0) is 6.42 Å². The van der Waals surface area contributed by atoms with Gasteiger partial charge in [0.1, 0.15) is 6.33 Å². The highest BCUT2D eigenvalue weighted by atomic mass is 16.5. The molecular weight excluding hydrogens is 192 g/mol. The van der Waals surface area contributed by atoms with Crippen LogP contribution < -0.4 is 0 Å². The molecule has 0 aliphatic rings. The maximum Gasteiger partial charge on any atom is 0.227 e. The Bertz CT molecular complexity index is 424. The topological polar surface area (TPSA) is 64.7 Å². The van der Waals surface area contributed by atoms with Gasteiger partial charge in [0.15, 0.2) is 0 Å². The number of hydrogen-bond donors (Lipinski definition) is 0. The molecule has 78 valence electrons. The Labute approximate surface area is 87.6 Å². The minimum Gasteiger partial charge on any atom is -0.339 e. The zero-order chi connectivity index (χ0) is 10.7. The summed E-state index contributed by atoms with van der Waals surface area (Å²) in [5, 5.41) is 3.87. The summed E-state index contributed by atoms with van der Waals surface area (Å²) in [6, 6.07) is 0. The third-order valence-electron chi connectivity index (χ3n) is 1.87. The fourth-order valence-electron chi connectivity index (χ4n) is 1.22. The lowest BCUT2D eigenvalue weighted by atomic mass is 10.1. The second-order valence-corrected chi connectivity index (χ2v) is 3.74. The molecule has 2 aromatic rings. The van der Waals surface area contributed by atoms with Gasteiger partial charge in [-0.05, 0) is 5.92 Å². The molecule has 0 N–H and O–H groups in total. The van der Waals surface area contributed by atoms with Crippen molar-refractivity contribution >= 4 is 0 Å². The van der Waals surface area contributed by atoms with Crippen LogP contribution in [0.1, 0.15) is 19.7 Å². The van der Waals surface area contributed by atoms with Crippen molar-refractivity contribution in [1.82, 2.24) is 20.1 Å². The fraction of sp³-hybridized carbons (Fsp3) is 0.400. The third kappa shape index (κ3) is 2.37. The van der Waals surface area contributed by atoms with E-state index in [-0.39, 0.29) is 0 Å². The van der Waals surface area contributed by atoms with Crippen molar-refractivity contribution in [3.05, 3.63) is 24.6 Å². The second-order valence-electron chi connectivity index (χ2n) is 3.74. The van der Waals surface area contributed by atoms with E-state index in [1.54, 1.807) is 12.4 Å². The summed E-state index contributed by atoms with van der Waals surface area (Å²) >= 11 is 0. The third-order valence-corrected chi connectivity index (χ3v) is 1.87. The van der Waals surface area contributed by atoms with E-state index in [1.165, 1.54) is 6.33 Å². The van der Waals surface area contributed by atoms with E-state index >= 15 is 0 Å². The maximum absolute atomic E-state index is 5.11. The molecule has 2 aromatic heterocycles. The highest BCUT2D eigenvalue weighted by molar-refractivity contribution is 5.50. The smallest absolute Gasteiger partial charge is 0.227 e. The minimum absolute atomic E-state index is 0.505. The Morgan fingerprint density at radius 3 is 2.67 bits per heavy atom. The van der Waals surface area contributed by atoms with Crippen molar-refractivity contribution in [3.63, 3.8) is 0 Å². The average Bonchev–Trinajstić information content (AvgIpc) is 2.67. The summed E-state index contributed by atoms with van der Waals surface area (Å²) < 4.78 is 5.11. The zero-order valence-corrected chi connectivity index (χ0v) is 8.71. The van der Waals surface area contributed by atoms with E-state index in [0.717, 1.165) is 12.0 Å². The highest BCUT2D eigenvalue weighted by Gasteiger charge is 2.09. The molecule has 0 bridgehead atoms. The molecular formula is C10H12N4O. The quantitative estimate of drug-likeness (QED) is 0.761. The van der Waals surface area contributed by atoms with Crippen molar-refractivity contribution in [2.45, 2.75) is 20.3 Å². The van der Waals surface area contributed by atoms with Crippen LogP contribution in [0.25, 0.3) is 11.4 Å². The predicted molar refractivity (Wildman–Crippen MR) is 53.9 cm³/mol. The molecule has 0 amide bonds. The largest absolute Gasteiger partial charge is 0.339 e. The van der Waals surface area contributed by atoms with Crippen LogP contribution >= 0.6 is 0 Å². The average molecular weight is 204 g/mol. The molecule has 0 unspecified atom stereocenters. The molecule has 0 aromatic carbocycles. The van der Waals surface area contributed by atoms with E-state index in [2.05, 4.69) is 34.0 Å². The van der Waals surface area contributed by atoms with Crippen LogP contribution in [0.4, 0.5) is 0 Å². The Balaban J connectivity index is 2.21. The number of hydrogen-bond acceptors (Lipinski definition) is 5. The van der Waals surface area contributed by atoms with E-state index in [0.29, 0.717) is 17.6 Å². The van der Waals surface area contributed by atoms with Gasteiger partial charge in [-0.15, -0.1) is 0 Å². The summed E-state index contributed by atoms with van der Waals surface area (Å²) in [5.41, 5.74) is 0.774. The summed E-state index contributed by atoms with van der Waals surface area (Å²) in [6.45, 7) is 4.21. The first-order valence-electron chi connectivity index (χ1n) is 4.83. The van der Waals surface area contributed by atoms with Crippen molar-refractivity contribution < 1.29 is 4.52 Å². The number of rotatable bonds is 3. The normalized spacial score (nSPS) is 10.9. The zero-order valence-electron chi connectivity index (χ0n) is 8.71. The molecule has 15 heavy (non-hydrogen) atoms. The van der Waals surface area contributed by atoms with Gasteiger partial charge >= 0.3 is 0 Å². The highest BCUT2D eigenvalue weighted by Crippen LogP contribution is 2.14. The Morgan fingerprint density at radius 1 is 1.27 bits per heavy atom. The predicted octanol–water partition coefficient (Wildman–Crippen LogP) is 1.73. The molecule has 0 radical (unpaired) electrons. The molecule has 0 atom stereocenters. The van der Waals surface area contributed by atoms with Gasteiger partial charge in [-0.3, -0.25) is 0 Å². The van der Waals surface area contributed by atoms with Gasteiger partial charge < -0.3 is 4.52 Å². The van der Waals surface area contributed by atoms with E-state index in [4.69, 9.17) is 4.52 Å². The molecule has 0 saturated carbocycles. The first-order valence-corrected chi connectivity index (χ1v) is 4.83. The van der Waals surface area contributed by atoms with Gasteiger partial charge in [-0.2, -0.15) is 4.98 Å². The van der Waals surface area contributed by atoms with Gasteiger partial charge in [0, 0.05) is 18.8 Å². The lowest BCUT2D eigenvalue weighted by Crippen LogP contribution is -1.93. The van der Waals surface area contributed by atoms with Gasteiger partial charge in [-0.25, -0.2) is 9.97 Å². The molecule has 0 spiro atoms. The molecule has 2 rings (SSSR count). The van der Waals surface area contributed by atoms with Crippen LogP contribution in [0.5, 0.6) is 0 Å². The van der Waals surface area contributed by atoms with Crippen molar-refractivity contribution in [3.8, 4) is 11.4 Å². The van der Waals surface area contributed by atoms with E-state index in [1.807, 2.05) is 0 Å². The lowest BCUT2D eigenvalue weighted by molar-refractivity contribution is 0.363. The van der Waals surface area contributed by atoms with Crippen LogP contribution in [-0.4, -0.2) is 20.1 Å². The SMILES string of the molecule is CC(C)Cc1nc(-c2cncnc2)no1. The molecule has 5 heteroatoms. The molecule has 0 aliphatic heterocycles. The van der Waals surface area contributed by atoms with Gasteiger partial charge in [-0.1, -0.05) is 19.0 Å². The number of aromatic nitrogens is 4. The fourth-order valence-corrected chi connectivity index (χ4v) is 1.22. The molecule has 2 heterocycles. The van der Waals surface area contributed by atoms with Crippen LogP contribution in [0, 0.1) is 5.92 Å². The van der Waals surface area contributed by atoms with Crippen LogP contribution in [0.15, 0.2) is 23.2 Å². The minimum atomic E-state index is 0.505. The standard InChI is InChI=1S/C10H12N4O/c1-7(2)3-9-13-10(14-15-9)8-4-11-6-12-5-8/h4-7H,3H2,1-2H3. The van der Waals surface area contributed by atoms with Crippen LogP contribution in [0.3, 0.4) is 0 Å². The Morgan fingerprint density at radius 2 is 2.00 bits per heavy atom. The molecule has 0 aliphatic carbocycles. The summed E-state index contributed by atoms with van der Waals surface area (Å²) in [7, 11) is 0. The van der Waals surface area contributed by atoms with Crippen LogP contribution in [0.2, 0.25) is 0 Å². The second kappa shape index (κ2) is 4.16. The van der Waals surface area contributed by atoms with Gasteiger partial charge in [0.05, 0.1) is 5.56 Å². The molecule has 5 nitrogen and oxygen atoms in total. The number of nitrogens with zero attached hydrogens (tertiary/aromatic N) is 4. The summed E-state index contributed by atoms with van der Waals surface area (Å²) in [4.78, 5) is 12.1. The summed E-state index contributed by atoms with van der Waals surface area (Å²) in [5.74, 6) is 1.71. The van der Waals surface area contributed by atoms with Gasteiger partial charge in [0.2, 0.25) is 11.7 Å². The molecule has 0 fully saturated rings. The van der Waals surface area contributed by atoms with Crippen molar-refractivity contribution in [1.29, 1.82) is 0 Å². The Kier molecular flexibility index (Phi) is 2.71. The van der Waals surface area contributed by atoms with E-state index in [9.17, 15) is 0 Å². The van der Waals surface area contributed by atoms with Crippen molar-refractivity contribution in [2.24, 2.45) is 5.92 Å².